The van der Waals surface area contributed by atoms with Gasteiger partial charge in [0.05, 0.1) is 18.9 Å². The summed E-state index contributed by atoms with van der Waals surface area (Å²) in [5.74, 6) is 0.619. The fraction of sp³-hybridized carbons (Fsp3) is 0.0938. The van der Waals surface area contributed by atoms with Crippen LogP contribution >= 0.6 is 0 Å². The molecule has 0 aliphatic heterocycles. The van der Waals surface area contributed by atoms with E-state index in [0.29, 0.717) is 28.4 Å². The normalized spacial score (nSPS) is 11.8. The first kappa shape index (κ1) is 25.5. The second-order valence-electron chi connectivity index (χ2n) is 8.79. The molecule has 0 fully saturated rings. The van der Waals surface area contributed by atoms with Gasteiger partial charge < -0.3 is 14.2 Å². The number of carbonyl (C=O) groups is 2. The summed E-state index contributed by atoms with van der Waals surface area (Å²) in [5, 5.41) is 7.86. The molecule has 0 heterocycles. The minimum Gasteiger partial charge on any atom is -0.497 e. The van der Waals surface area contributed by atoms with Crippen molar-refractivity contribution in [2.45, 2.75) is 13.0 Å². The van der Waals surface area contributed by atoms with Crippen LogP contribution in [-0.2, 0) is 4.79 Å². The number of hydrazone groups is 1. The van der Waals surface area contributed by atoms with Crippen molar-refractivity contribution in [2.75, 3.05) is 7.11 Å². The standard InChI is InChI=1S/C32H26N2O5/c1-21(38-29-13-7-10-22-8-4-6-12-27(22)29)31(35)34-33-20-28-26-11-5-3-9-23(26)16-19-30(28)39-32(36)24-14-17-25(37-2)18-15-24/h3-21H,1-2H3,(H,34,35)/b33-20+. The lowest BCUT2D eigenvalue weighted by atomic mass is 10.0. The van der Waals surface area contributed by atoms with Crippen molar-refractivity contribution in [2.24, 2.45) is 5.10 Å². The third-order valence-corrected chi connectivity index (χ3v) is 6.25. The van der Waals surface area contributed by atoms with Crippen molar-refractivity contribution >= 4 is 39.6 Å². The Hall–Kier alpha value is -5.17. The number of nitrogens with one attached hydrogen (secondary N) is 1. The van der Waals surface area contributed by atoms with Crippen molar-refractivity contribution in [3.05, 3.63) is 114 Å². The fourth-order valence-electron chi connectivity index (χ4n) is 4.18. The smallest absolute Gasteiger partial charge is 0.343 e. The number of hydrogen-bond acceptors (Lipinski definition) is 6. The molecule has 0 aliphatic rings. The molecule has 0 spiro atoms. The van der Waals surface area contributed by atoms with Gasteiger partial charge in [0.25, 0.3) is 5.91 Å². The van der Waals surface area contributed by atoms with Crippen LogP contribution in [0.5, 0.6) is 17.2 Å². The summed E-state index contributed by atoms with van der Waals surface area (Å²) in [7, 11) is 1.56. The number of methoxy groups -OCH3 is 1. The third kappa shape index (κ3) is 5.72. The number of benzene rings is 5. The van der Waals surface area contributed by atoms with Crippen molar-refractivity contribution in [1.29, 1.82) is 0 Å². The van der Waals surface area contributed by atoms with E-state index in [1.807, 2.05) is 72.8 Å². The molecule has 0 aliphatic carbocycles. The van der Waals surface area contributed by atoms with Gasteiger partial charge in [0, 0.05) is 10.9 Å². The van der Waals surface area contributed by atoms with Gasteiger partial charge in [0.2, 0.25) is 0 Å². The largest absolute Gasteiger partial charge is 0.497 e. The highest BCUT2D eigenvalue weighted by Crippen LogP contribution is 2.28. The van der Waals surface area contributed by atoms with Gasteiger partial charge in [0.15, 0.2) is 6.10 Å². The predicted molar refractivity (Wildman–Crippen MR) is 152 cm³/mol. The van der Waals surface area contributed by atoms with E-state index in [9.17, 15) is 9.59 Å². The summed E-state index contributed by atoms with van der Waals surface area (Å²) >= 11 is 0. The predicted octanol–water partition coefficient (Wildman–Crippen LogP) is 6.14. The van der Waals surface area contributed by atoms with Gasteiger partial charge in [-0.3, -0.25) is 4.79 Å². The van der Waals surface area contributed by atoms with Gasteiger partial charge in [-0.05, 0) is 59.5 Å². The van der Waals surface area contributed by atoms with Crippen LogP contribution in [0.15, 0.2) is 108 Å². The van der Waals surface area contributed by atoms with Gasteiger partial charge >= 0.3 is 5.97 Å². The number of amides is 1. The zero-order valence-electron chi connectivity index (χ0n) is 21.5. The van der Waals surface area contributed by atoms with E-state index in [2.05, 4.69) is 10.5 Å². The molecule has 5 aromatic carbocycles. The molecule has 0 saturated carbocycles. The van der Waals surface area contributed by atoms with E-state index in [0.717, 1.165) is 21.5 Å². The topological polar surface area (TPSA) is 86.2 Å². The number of fused-ring (bicyclic) bond motifs is 2. The molecule has 39 heavy (non-hydrogen) atoms. The zero-order valence-corrected chi connectivity index (χ0v) is 21.5. The Bertz CT molecular complexity index is 1670. The van der Waals surface area contributed by atoms with Crippen molar-refractivity contribution in [3.8, 4) is 17.2 Å². The number of rotatable bonds is 8. The van der Waals surface area contributed by atoms with Crippen LogP contribution in [0, 0.1) is 0 Å². The van der Waals surface area contributed by atoms with Crippen molar-refractivity contribution < 1.29 is 23.8 Å². The molecule has 5 aromatic rings. The second-order valence-corrected chi connectivity index (χ2v) is 8.79. The average Bonchev–Trinajstić information content (AvgIpc) is 2.98. The zero-order chi connectivity index (χ0) is 27.2. The van der Waals surface area contributed by atoms with Crippen LogP contribution in [0.2, 0.25) is 0 Å². The van der Waals surface area contributed by atoms with E-state index in [-0.39, 0.29) is 0 Å². The Morgan fingerprint density at radius 1 is 0.769 bits per heavy atom. The summed E-state index contributed by atoms with van der Waals surface area (Å²) in [6, 6.07) is 31.4. The first-order valence-electron chi connectivity index (χ1n) is 12.4. The lowest BCUT2D eigenvalue weighted by Gasteiger charge is -2.15. The molecule has 0 radical (unpaired) electrons. The molecule has 0 aromatic heterocycles. The summed E-state index contributed by atoms with van der Waals surface area (Å²) in [4.78, 5) is 25.6. The number of hydrogen-bond donors (Lipinski definition) is 1. The van der Waals surface area contributed by atoms with Crippen LogP contribution in [0.25, 0.3) is 21.5 Å². The first-order chi connectivity index (χ1) is 19.0. The van der Waals surface area contributed by atoms with Crippen LogP contribution in [0.1, 0.15) is 22.8 Å². The van der Waals surface area contributed by atoms with Crippen LogP contribution < -0.4 is 19.6 Å². The van der Waals surface area contributed by atoms with Gasteiger partial charge in [-0.15, -0.1) is 0 Å². The monoisotopic (exact) mass is 518 g/mol. The summed E-state index contributed by atoms with van der Waals surface area (Å²) in [6.07, 6.45) is 0.675. The molecule has 194 valence electrons. The molecule has 1 atom stereocenters. The minimum atomic E-state index is -0.798. The Balaban J connectivity index is 1.34. The SMILES string of the molecule is COc1ccc(C(=O)Oc2ccc3ccccc3c2/C=N/NC(=O)C(C)Oc2cccc3ccccc23)cc1. The van der Waals surface area contributed by atoms with Crippen molar-refractivity contribution in [3.63, 3.8) is 0 Å². The van der Waals surface area contributed by atoms with Gasteiger partial charge in [-0.25, -0.2) is 10.2 Å². The highest BCUT2D eigenvalue weighted by Gasteiger charge is 2.17. The Morgan fingerprint density at radius 3 is 2.18 bits per heavy atom. The highest BCUT2D eigenvalue weighted by molar-refractivity contribution is 6.04. The van der Waals surface area contributed by atoms with E-state index in [4.69, 9.17) is 14.2 Å². The fourth-order valence-corrected chi connectivity index (χ4v) is 4.18. The summed E-state index contributed by atoms with van der Waals surface area (Å²) in [5.41, 5.74) is 3.47. The van der Waals surface area contributed by atoms with Crippen molar-refractivity contribution in [1.82, 2.24) is 5.43 Å². The number of ether oxygens (including phenoxy) is 3. The maximum Gasteiger partial charge on any atom is 0.343 e. The molecule has 0 saturated heterocycles. The number of nitrogens with zero attached hydrogens (tertiary/aromatic N) is 1. The molecule has 1 unspecified atom stereocenters. The van der Waals surface area contributed by atoms with E-state index in [1.165, 1.54) is 6.21 Å². The van der Waals surface area contributed by atoms with Crippen LogP contribution in [0.3, 0.4) is 0 Å². The van der Waals surface area contributed by atoms with E-state index < -0.39 is 18.0 Å². The number of carbonyl (C=O) groups excluding carboxylic acids is 2. The first-order valence-corrected chi connectivity index (χ1v) is 12.4. The Labute approximate surface area is 225 Å². The number of esters is 1. The van der Waals surface area contributed by atoms with E-state index in [1.54, 1.807) is 44.4 Å². The molecule has 7 nitrogen and oxygen atoms in total. The molecular weight excluding hydrogens is 492 g/mol. The Morgan fingerprint density at radius 2 is 1.44 bits per heavy atom. The molecule has 1 amide bonds. The highest BCUT2D eigenvalue weighted by atomic mass is 16.5. The molecule has 7 heteroatoms. The lowest BCUT2D eigenvalue weighted by Crippen LogP contribution is -2.33. The third-order valence-electron chi connectivity index (χ3n) is 6.25. The average molecular weight is 519 g/mol. The molecule has 1 N–H and O–H groups in total. The second kappa shape index (κ2) is 11.5. The lowest BCUT2D eigenvalue weighted by molar-refractivity contribution is -0.127. The van der Waals surface area contributed by atoms with Gasteiger partial charge in [-0.2, -0.15) is 5.10 Å². The molecule has 5 rings (SSSR count). The maximum atomic E-state index is 12.8. The van der Waals surface area contributed by atoms with Crippen LogP contribution in [-0.4, -0.2) is 31.3 Å². The van der Waals surface area contributed by atoms with Crippen LogP contribution in [0.4, 0.5) is 0 Å². The van der Waals surface area contributed by atoms with Gasteiger partial charge in [-0.1, -0.05) is 66.7 Å². The van der Waals surface area contributed by atoms with Gasteiger partial charge in [0.1, 0.15) is 17.2 Å². The summed E-state index contributed by atoms with van der Waals surface area (Å²) < 4.78 is 16.8. The minimum absolute atomic E-state index is 0.313. The molecular formula is C32H26N2O5. The molecule has 0 bridgehead atoms. The maximum absolute atomic E-state index is 12.8. The quantitative estimate of drug-likeness (QED) is 0.115. The Kier molecular flexibility index (Phi) is 7.50. The van der Waals surface area contributed by atoms with E-state index >= 15 is 0 Å². The summed E-state index contributed by atoms with van der Waals surface area (Å²) in [6.45, 7) is 1.66.